The molecular weight excluding hydrogens is 276 g/mol. The molecule has 1 aromatic carbocycles. The van der Waals surface area contributed by atoms with Crippen LogP contribution in [-0.2, 0) is 14.8 Å². The van der Waals surface area contributed by atoms with E-state index in [0.29, 0.717) is 11.5 Å². The number of hydrogen-bond acceptors (Lipinski definition) is 4. The lowest BCUT2D eigenvalue weighted by Crippen LogP contribution is -2.28. The third-order valence-corrected chi connectivity index (χ3v) is 4.67. The molecule has 0 saturated carbocycles. The van der Waals surface area contributed by atoms with Crippen molar-refractivity contribution in [2.45, 2.75) is 32.1 Å². The molecule has 0 amide bonds. The standard InChI is InChI=1S/C14H24N2O3S/c1-5-6-15-13-9-11(2)14(12(3)10-13)20(17,18)16-7-8-19-4/h9-10,15-16H,5-8H2,1-4H3. The van der Waals surface area contributed by atoms with E-state index in [9.17, 15) is 8.42 Å². The summed E-state index contributed by atoms with van der Waals surface area (Å²) in [6, 6.07) is 3.74. The summed E-state index contributed by atoms with van der Waals surface area (Å²) in [4.78, 5) is 0.357. The molecule has 114 valence electrons. The van der Waals surface area contributed by atoms with Gasteiger partial charge in [0, 0.05) is 25.9 Å². The zero-order valence-corrected chi connectivity index (χ0v) is 13.4. The summed E-state index contributed by atoms with van der Waals surface area (Å²) in [5, 5.41) is 3.27. The van der Waals surface area contributed by atoms with Crippen LogP contribution in [0.25, 0.3) is 0 Å². The lowest BCUT2D eigenvalue weighted by atomic mass is 10.1. The molecule has 0 radical (unpaired) electrons. The van der Waals surface area contributed by atoms with E-state index in [-0.39, 0.29) is 6.54 Å². The van der Waals surface area contributed by atoms with E-state index >= 15 is 0 Å². The molecule has 2 N–H and O–H groups in total. The monoisotopic (exact) mass is 300 g/mol. The zero-order valence-electron chi connectivity index (χ0n) is 12.6. The average Bonchev–Trinajstić information content (AvgIpc) is 2.35. The van der Waals surface area contributed by atoms with Crippen molar-refractivity contribution in [1.29, 1.82) is 0 Å². The first-order valence-electron chi connectivity index (χ1n) is 6.76. The summed E-state index contributed by atoms with van der Waals surface area (Å²) >= 11 is 0. The fourth-order valence-corrected chi connectivity index (χ4v) is 3.56. The van der Waals surface area contributed by atoms with Crippen molar-refractivity contribution in [2.24, 2.45) is 0 Å². The van der Waals surface area contributed by atoms with Crippen molar-refractivity contribution in [1.82, 2.24) is 4.72 Å². The number of sulfonamides is 1. The predicted molar refractivity (Wildman–Crippen MR) is 81.8 cm³/mol. The number of rotatable bonds is 8. The quantitative estimate of drug-likeness (QED) is 0.721. The van der Waals surface area contributed by atoms with Gasteiger partial charge in [0.1, 0.15) is 0 Å². The van der Waals surface area contributed by atoms with Gasteiger partial charge in [0.05, 0.1) is 11.5 Å². The van der Waals surface area contributed by atoms with Gasteiger partial charge in [0.15, 0.2) is 0 Å². The third kappa shape index (κ3) is 4.47. The van der Waals surface area contributed by atoms with Gasteiger partial charge in [-0.25, -0.2) is 13.1 Å². The van der Waals surface area contributed by atoms with Crippen LogP contribution in [0.3, 0.4) is 0 Å². The van der Waals surface area contributed by atoms with Crippen LogP contribution < -0.4 is 10.0 Å². The second-order valence-electron chi connectivity index (χ2n) is 4.76. The Morgan fingerprint density at radius 1 is 1.15 bits per heavy atom. The summed E-state index contributed by atoms with van der Waals surface area (Å²) in [6.45, 7) is 7.22. The molecule has 0 bridgehead atoms. The fraction of sp³-hybridized carbons (Fsp3) is 0.571. The van der Waals surface area contributed by atoms with Gasteiger partial charge in [-0.1, -0.05) is 6.92 Å². The molecule has 5 nitrogen and oxygen atoms in total. The van der Waals surface area contributed by atoms with Gasteiger partial charge < -0.3 is 10.1 Å². The summed E-state index contributed by atoms with van der Waals surface area (Å²) in [5.41, 5.74) is 2.44. The molecule has 0 fully saturated rings. The van der Waals surface area contributed by atoms with Gasteiger partial charge in [-0.15, -0.1) is 0 Å². The highest BCUT2D eigenvalue weighted by Gasteiger charge is 2.19. The van der Waals surface area contributed by atoms with Crippen LogP contribution in [0.1, 0.15) is 24.5 Å². The van der Waals surface area contributed by atoms with Crippen LogP contribution in [0, 0.1) is 13.8 Å². The van der Waals surface area contributed by atoms with Crippen LogP contribution in [0.2, 0.25) is 0 Å². The Kier molecular flexibility index (Phi) is 6.45. The average molecular weight is 300 g/mol. The Hall–Kier alpha value is -1.11. The highest BCUT2D eigenvalue weighted by atomic mass is 32.2. The number of aryl methyl sites for hydroxylation is 2. The molecule has 20 heavy (non-hydrogen) atoms. The number of nitrogens with one attached hydrogen (secondary N) is 2. The van der Waals surface area contributed by atoms with Crippen molar-refractivity contribution < 1.29 is 13.2 Å². The molecule has 0 aliphatic heterocycles. The molecule has 0 unspecified atom stereocenters. The first-order chi connectivity index (χ1) is 9.42. The van der Waals surface area contributed by atoms with E-state index in [0.717, 1.165) is 29.8 Å². The van der Waals surface area contributed by atoms with Crippen molar-refractivity contribution in [2.75, 3.05) is 32.1 Å². The highest BCUT2D eigenvalue weighted by molar-refractivity contribution is 7.89. The maximum absolute atomic E-state index is 12.3. The van der Waals surface area contributed by atoms with E-state index in [1.54, 1.807) is 7.11 Å². The molecule has 1 rings (SSSR count). The second-order valence-corrected chi connectivity index (χ2v) is 6.46. The molecule has 0 atom stereocenters. The minimum Gasteiger partial charge on any atom is -0.385 e. The summed E-state index contributed by atoms with van der Waals surface area (Å²) < 4.78 is 32.0. The van der Waals surface area contributed by atoms with Gasteiger partial charge in [-0.2, -0.15) is 0 Å². The Labute approximate surface area is 121 Å². The van der Waals surface area contributed by atoms with Gasteiger partial charge in [0.2, 0.25) is 10.0 Å². The van der Waals surface area contributed by atoms with E-state index < -0.39 is 10.0 Å². The summed E-state index contributed by atoms with van der Waals surface area (Å²) in [5.74, 6) is 0. The van der Waals surface area contributed by atoms with E-state index in [1.165, 1.54) is 0 Å². The molecule has 1 aromatic rings. The minimum atomic E-state index is -3.49. The number of ether oxygens (including phenoxy) is 1. The van der Waals surface area contributed by atoms with Crippen molar-refractivity contribution in [3.8, 4) is 0 Å². The number of methoxy groups -OCH3 is 1. The second kappa shape index (κ2) is 7.61. The van der Waals surface area contributed by atoms with Crippen LogP contribution in [0.4, 0.5) is 5.69 Å². The van der Waals surface area contributed by atoms with Crippen molar-refractivity contribution in [3.05, 3.63) is 23.3 Å². The number of anilines is 1. The normalized spacial score (nSPS) is 11.6. The van der Waals surface area contributed by atoms with Crippen LogP contribution in [0.5, 0.6) is 0 Å². The molecular formula is C14H24N2O3S. The first kappa shape index (κ1) is 16.9. The predicted octanol–water partition coefficient (Wildman–Crippen LogP) is 2.05. The van der Waals surface area contributed by atoms with Gasteiger partial charge in [-0.05, 0) is 43.5 Å². The lowest BCUT2D eigenvalue weighted by molar-refractivity contribution is 0.204. The Balaban J connectivity index is 3.00. The Morgan fingerprint density at radius 2 is 1.75 bits per heavy atom. The van der Waals surface area contributed by atoms with E-state index in [4.69, 9.17) is 4.74 Å². The molecule has 0 aliphatic rings. The van der Waals surface area contributed by atoms with Crippen LogP contribution >= 0.6 is 0 Å². The van der Waals surface area contributed by atoms with Crippen molar-refractivity contribution in [3.63, 3.8) is 0 Å². The first-order valence-corrected chi connectivity index (χ1v) is 8.24. The maximum atomic E-state index is 12.3. The Bertz CT molecular complexity index is 518. The van der Waals surface area contributed by atoms with E-state index in [2.05, 4.69) is 17.0 Å². The SMILES string of the molecule is CCCNc1cc(C)c(S(=O)(=O)NCCOC)c(C)c1. The van der Waals surface area contributed by atoms with Gasteiger partial charge in [0.25, 0.3) is 0 Å². The topological polar surface area (TPSA) is 67.4 Å². The molecule has 0 heterocycles. The van der Waals surface area contributed by atoms with Gasteiger partial charge >= 0.3 is 0 Å². The zero-order chi connectivity index (χ0) is 15.2. The maximum Gasteiger partial charge on any atom is 0.241 e. The van der Waals surface area contributed by atoms with Crippen LogP contribution in [-0.4, -0.2) is 35.2 Å². The smallest absolute Gasteiger partial charge is 0.241 e. The minimum absolute atomic E-state index is 0.271. The van der Waals surface area contributed by atoms with E-state index in [1.807, 2.05) is 26.0 Å². The molecule has 0 aromatic heterocycles. The lowest BCUT2D eigenvalue weighted by Gasteiger charge is -2.14. The number of benzene rings is 1. The van der Waals surface area contributed by atoms with Gasteiger partial charge in [-0.3, -0.25) is 0 Å². The third-order valence-electron chi connectivity index (χ3n) is 2.91. The molecule has 0 spiro atoms. The van der Waals surface area contributed by atoms with Crippen molar-refractivity contribution >= 4 is 15.7 Å². The summed E-state index contributed by atoms with van der Waals surface area (Å²) in [6.07, 6.45) is 1.02. The molecule has 6 heteroatoms. The summed E-state index contributed by atoms with van der Waals surface area (Å²) in [7, 11) is -1.95. The highest BCUT2D eigenvalue weighted by Crippen LogP contribution is 2.24. The largest absolute Gasteiger partial charge is 0.385 e. The Morgan fingerprint density at radius 3 is 2.25 bits per heavy atom. The fourth-order valence-electron chi connectivity index (χ4n) is 2.10. The number of hydrogen-bond donors (Lipinski definition) is 2. The van der Waals surface area contributed by atoms with Crippen LogP contribution in [0.15, 0.2) is 17.0 Å². The molecule has 0 aliphatic carbocycles. The molecule has 0 saturated heterocycles.